The molecule has 2 heterocycles. The zero-order chi connectivity index (χ0) is 17.1. The van der Waals surface area contributed by atoms with E-state index in [4.69, 9.17) is 14.7 Å². The number of amides is 2. The highest BCUT2D eigenvalue weighted by atomic mass is 16.6. The summed E-state index contributed by atoms with van der Waals surface area (Å²) in [5, 5.41) is 11.6. The Morgan fingerprint density at radius 3 is 2.78 bits per heavy atom. The Kier molecular flexibility index (Phi) is 4.89. The van der Waals surface area contributed by atoms with Crippen LogP contribution in [0.15, 0.2) is 11.8 Å². The van der Waals surface area contributed by atoms with Gasteiger partial charge in [0.2, 0.25) is 0 Å². The molecule has 0 saturated carbocycles. The number of rotatable bonds is 4. The number of allylic oxidation sites excluding steroid dienone is 1. The van der Waals surface area contributed by atoms with Gasteiger partial charge in [-0.2, -0.15) is 5.26 Å². The van der Waals surface area contributed by atoms with Gasteiger partial charge in [0.1, 0.15) is 30.0 Å². The Morgan fingerprint density at radius 1 is 1.52 bits per heavy atom. The third kappa shape index (κ3) is 3.44. The van der Waals surface area contributed by atoms with Gasteiger partial charge >= 0.3 is 12.1 Å². The summed E-state index contributed by atoms with van der Waals surface area (Å²) in [6.45, 7) is 5.29. The fraction of sp³-hybridized carbons (Fsp3) is 0.600. The first-order valence-corrected chi connectivity index (χ1v) is 7.39. The highest BCUT2D eigenvalue weighted by Gasteiger charge is 2.56. The number of esters is 1. The smallest absolute Gasteiger partial charge is 0.407 e. The monoisotopic (exact) mass is 321 g/mol. The van der Waals surface area contributed by atoms with Crippen LogP contribution in [0.5, 0.6) is 0 Å². The lowest BCUT2D eigenvalue weighted by Crippen LogP contribution is -2.74. The zero-order valence-electron chi connectivity index (χ0n) is 13.2. The number of hydrogen-bond acceptors (Lipinski definition) is 6. The van der Waals surface area contributed by atoms with Gasteiger partial charge in [0.15, 0.2) is 0 Å². The van der Waals surface area contributed by atoms with E-state index in [-0.39, 0.29) is 18.2 Å². The van der Waals surface area contributed by atoms with Crippen LogP contribution in [0.4, 0.5) is 4.79 Å². The molecule has 0 bridgehead atoms. The number of nitrogens with one attached hydrogen (secondary N) is 1. The first-order valence-electron chi connectivity index (χ1n) is 7.39. The van der Waals surface area contributed by atoms with Gasteiger partial charge in [-0.25, -0.2) is 4.79 Å². The second-order valence-corrected chi connectivity index (χ2v) is 5.90. The lowest BCUT2D eigenvalue weighted by atomic mass is 9.84. The number of carbonyl (C=O) groups is 3. The summed E-state index contributed by atoms with van der Waals surface area (Å²) in [5.74, 6) is -0.726. The van der Waals surface area contributed by atoms with Crippen molar-refractivity contribution < 1.29 is 23.9 Å². The van der Waals surface area contributed by atoms with Crippen LogP contribution in [0.3, 0.4) is 0 Å². The van der Waals surface area contributed by atoms with Crippen molar-refractivity contribution >= 4 is 18.0 Å². The number of nitrogens with zero attached hydrogens (tertiary/aromatic N) is 2. The van der Waals surface area contributed by atoms with Crippen LogP contribution in [-0.4, -0.2) is 47.7 Å². The molecule has 0 unspecified atom stereocenters. The van der Waals surface area contributed by atoms with Crippen molar-refractivity contribution in [3.8, 4) is 6.07 Å². The molecule has 124 valence electrons. The minimum Gasteiger partial charge on any atom is -0.460 e. The summed E-state index contributed by atoms with van der Waals surface area (Å²) in [6.07, 6.45) is 0.565. The molecule has 2 rings (SSSR count). The van der Waals surface area contributed by atoms with Gasteiger partial charge < -0.3 is 14.8 Å². The molecule has 2 amide bonds. The largest absolute Gasteiger partial charge is 0.460 e. The summed E-state index contributed by atoms with van der Waals surface area (Å²) in [6, 6.07) is 0.485. The van der Waals surface area contributed by atoms with Crippen molar-refractivity contribution in [1.82, 2.24) is 10.2 Å². The van der Waals surface area contributed by atoms with Gasteiger partial charge in [0.25, 0.3) is 5.91 Å². The molecular formula is C15H19N3O5. The number of β-lactam (4-membered cyclic amide) rings is 1. The lowest BCUT2D eigenvalue weighted by Gasteiger charge is -2.50. The van der Waals surface area contributed by atoms with Crippen LogP contribution in [0.25, 0.3) is 0 Å². The van der Waals surface area contributed by atoms with Gasteiger partial charge in [0.05, 0.1) is 6.61 Å². The van der Waals surface area contributed by atoms with E-state index in [0.29, 0.717) is 6.42 Å². The molecule has 0 aliphatic carbocycles. The minimum atomic E-state index is -0.865. The number of alkyl carbamates (subject to hydrolysis) is 1. The average Bonchev–Trinajstić information content (AvgIpc) is 2.49. The summed E-state index contributed by atoms with van der Waals surface area (Å²) in [4.78, 5) is 36.4. The molecule has 2 aliphatic rings. The maximum atomic E-state index is 12.2. The van der Waals surface area contributed by atoms with E-state index in [1.807, 2.05) is 19.9 Å². The van der Waals surface area contributed by atoms with Gasteiger partial charge in [-0.05, 0) is 12.0 Å². The maximum absolute atomic E-state index is 12.2. The molecule has 0 spiro atoms. The van der Waals surface area contributed by atoms with E-state index in [1.165, 1.54) is 11.8 Å². The molecule has 0 aromatic heterocycles. The maximum Gasteiger partial charge on any atom is 0.407 e. The molecule has 3 atom stereocenters. The molecule has 23 heavy (non-hydrogen) atoms. The summed E-state index contributed by atoms with van der Waals surface area (Å²) >= 11 is 0. The number of nitriles is 1. The van der Waals surface area contributed by atoms with E-state index < -0.39 is 36.2 Å². The number of carbonyl (C=O) groups excluding carboxylic acids is 3. The SMILES string of the molecule is CC(=O)O[C@@H]1CC=C(C#N)N2C(=O)[C@@H](NC(=O)OCC(C)C)[C@@H]12. The topological polar surface area (TPSA) is 109 Å². The van der Waals surface area contributed by atoms with Crippen molar-refractivity contribution in [2.45, 2.75) is 45.4 Å². The molecule has 8 nitrogen and oxygen atoms in total. The second-order valence-electron chi connectivity index (χ2n) is 5.90. The minimum absolute atomic E-state index is 0.172. The van der Waals surface area contributed by atoms with Crippen LogP contribution < -0.4 is 5.32 Å². The fourth-order valence-corrected chi connectivity index (χ4v) is 2.62. The van der Waals surface area contributed by atoms with Crippen molar-refractivity contribution in [2.75, 3.05) is 6.61 Å². The lowest BCUT2D eigenvalue weighted by molar-refractivity contribution is -0.166. The number of ether oxygens (including phenoxy) is 2. The summed E-state index contributed by atoms with van der Waals surface area (Å²) < 4.78 is 10.2. The van der Waals surface area contributed by atoms with E-state index in [1.54, 1.807) is 6.08 Å². The Morgan fingerprint density at radius 2 is 2.22 bits per heavy atom. The standard InChI is InChI=1S/C15H19N3O5/c1-8(2)7-22-15(21)17-12-13-11(23-9(3)19)5-4-10(6-16)18(13)14(12)20/h4,8,11-13H,5,7H2,1-3H3,(H,17,21)/t11-,12+,13-/m1/s1. The van der Waals surface area contributed by atoms with E-state index in [0.717, 1.165) is 0 Å². The Hall–Kier alpha value is -2.56. The van der Waals surface area contributed by atoms with E-state index >= 15 is 0 Å². The number of fused-ring (bicyclic) bond motifs is 1. The van der Waals surface area contributed by atoms with Crippen LogP contribution in [-0.2, 0) is 19.1 Å². The van der Waals surface area contributed by atoms with Gasteiger partial charge in [0, 0.05) is 13.3 Å². The van der Waals surface area contributed by atoms with Crippen LogP contribution in [0.1, 0.15) is 27.2 Å². The fourth-order valence-electron chi connectivity index (χ4n) is 2.62. The molecular weight excluding hydrogens is 302 g/mol. The van der Waals surface area contributed by atoms with E-state index in [2.05, 4.69) is 5.32 Å². The Balaban J connectivity index is 2.08. The van der Waals surface area contributed by atoms with Crippen molar-refractivity contribution in [3.63, 3.8) is 0 Å². The molecule has 1 fully saturated rings. The number of hydrogen-bond donors (Lipinski definition) is 1. The van der Waals surface area contributed by atoms with E-state index in [9.17, 15) is 14.4 Å². The van der Waals surface area contributed by atoms with Crippen LogP contribution in [0.2, 0.25) is 0 Å². The quantitative estimate of drug-likeness (QED) is 0.603. The second kappa shape index (κ2) is 6.69. The molecule has 0 aromatic rings. The van der Waals surface area contributed by atoms with Crippen LogP contribution in [0, 0.1) is 17.2 Å². The highest BCUT2D eigenvalue weighted by Crippen LogP contribution is 2.34. The van der Waals surface area contributed by atoms with Gasteiger partial charge in [-0.3, -0.25) is 14.5 Å². The molecule has 8 heteroatoms. The molecule has 0 radical (unpaired) electrons. The first-order chi connectivity index (χ1) is 10.8. The van der Waals surface area contributed by atoms with Gasteiger partial charge in [-0.15, -0.1) is 0 Å². The summed E-state index contributed by atoms with van der Waals surface area (Å²) in [5.41, 5.74) is 0.206. The Labute approximate surface area is 134 Å². The zero-order valence-corrected chi connectivity index (χ0v) is 13.2. The van der Waals surface area contributed by atoms with Crippen molar-refractivity contribution in [2.24, 2.45) is 5.92 Å². The predicted octanol–water partition coefficient (Wildman–Crippen LogP) is 0.691. The molecule has 0 aromatic carbocycles. The Bertz CT molecular complexity index is 592. The molecule has 2 aliphatic heterocycles. The third-order valence-corrected chi connectivity index (χ3v) is 3.58. The first kappa shape index (κ1) is 16.8. The van der Waals surface area contributed by atoms with Crippen molar-refractivity contribution in [1.29, 1.82) is 5.26 Å². The molecule has 1 N–H and O–H groups in total. The summed E-state index contributed by atoms with van der Waals surface area (Å²) in [7, 11) is 0. The van der Waals surface area contributed by atoms with Crippen molar-refractivity contribution in [3.05, 3.63) is 11.8 Å². The average molecular weight is 321 g/mol. The highest BCUT2D eigenvalue weighted by molar-refractivity contribution is 5.95. The predicted molar refractivity (Wildman–Crippen MR) is 77.6 cm³/mol. The normalized spacial score (nSPS) is 25.7. The molecule has 1 saturated heterocycles. The third-order valence-electron chi connectivity index (χ3n) is 3.58. The van der Waals surface area contributed by atoms with Crippen LogP contribution >= 0.6 is 0 Å². The van der Waals surface area contributed by atoms with Gasteiger partial charge in [-0.1, -0.05) is 13.8 Å².